The van der Waals surface area contributed by atoms with E-state index in [1.807, 2.05) is 13.8 Å². The molecule has 0 spiro atoms. The third-order valence-corrected chi connectivity index (χ3v) is 1.82. The quantitative estimate of drug-likeness (QED) is 0.682. The predicted octanol–water partition coefficient (Wildman–Crippen LogP) is 1.06. The fraction of sp³-hybridized carbons (Fsp3) is 0.875. The van der Waals surface area contributed by atoms with Gasteiger partial charge in [-0.3, -0.25) is 9.45 Å². The van der Waals surface area contributed by atoms with E-state index in [1.54, 1.807) is 6.92 Å². The molecule has 0 aromatic heterocycles. The number of ether oxygens (including phenoxy) is 1. The van der Waals surface area contributed by atoms with Gasteiger partial charge in [-0.05, 0) is 12.8 Å². The van der Waals surface area contributed by atoms with Gasteiger partial charge in [0, 0.05) is 0 Å². The van der Waals surface area contributed by atoms with E-state index in [9.17, 15) is 4.79 Å². The Balaban J connectivity index is 0. The second-order valence-corrected chi connectivity index (χ2v) is 2.66. The number of esters is 1. The molecule has 0 heterocycles. The molecule has 0 rings (SSSR count). The summed E-state index contributed by atoms with van der Waals surface area (Å²) in [6, 6.07) is -0.458. The minimum Gasteiger partial charge on any atom is -0.465 e. The van der Waals surface area contributed by atoms with Crippen molar-refractivity contribution < 1.29 is 14.2 Å². The van der Waals surface area contributed by atoms with Gasteiger partial charge in [0.05, 0.1) is 18.5 Å². The SMILES string of the molecule is CCOC(=O)[C@@H](N)[C@@H](C)CC.OCl. The van der Waals surface area contributed by atoms with E-state index < -0.39 is 6.04 Å². The summed E-state index contributed by atoms with van der Waals surface area (Å²) in [6.07, 6.45) is 0.903. The summed E-state index contributed by atoms with van der Waals surface area (Å²) >= 11 is 3.64. The first-order valence-electron chi connectivity index (χ1n) is 4.22. The molecule has 0 aliphatic heterocycles. The number of rotatable bonds is 4. The second kappa shape index (κ2) is 9.77. The molecule has 5 heteroatoms. The predicted molar refractivity (Wildman–Crippen MR) is 52.1 cm³/mol. The van der Waals surface area contributed by atoms with Crippen LogP contribution >= 0.6 is 11.9 Å². The summed E-state index contributed by atoms with van der Waals surface area (Å²) in [4.78, 5) is 11.0. The van der Waals surface area contributed by atoms with Crippen LogP contribution in [-0.4, -0.2) is 23.3 Å². The zero-order valence-electron chi connectivity index (χ0n) is 8.29. The van der Waals surface area contributed by atoms with Gasteiger partial charge in [0.1, 0.15) is 6.04 Å². The van der Waals surface area contributed by atoms with Crippen molar-refractivity contribution in [1.29, 1.82) is 0 Å². The lowest BCUT2D eigenvalue weighted by Gasteiger charge is -2.15. The summed E-state index contributed by atoms with van der Waals surface area (Å²) in [5.41, 5.74) is 5.58. The van der Waals surface area contributed by atoms with Crippen LogP contribution in [0.2, 0.25) is 0 Å². The van der Waals surface area contributed by atoms with E-state index in [0.29, 0.717) is 6.61 Å². The van der Waals surface area contributed by atoms with Crippen LogP contribution in [0.5, 0.6) is 0 Å². The number of hydrogen-bond donors (Lipinski definition) is 2. The van der Waals surface area contributed by atoms with Gasteiger partial charge in [-0.15, -0.1) is 0 Å². The molecule has 0 aliphatic rings. The summed E-state index contributed by atoms with van der Waals surface area (Å²) in [5, 5.41) is 0. The van der Waals surface area contributed by atoms with Crippen LogP contribution in [0.15, 0.2) is 0 Å². The average Bonchev–Trinajstić information content (AvgIpc) is 2.19. The minimum atomic E-state index is -0.458. The Labute approximate surface area is 84.2 Å². The molecule has 0 saturated heterocycles. The molecule has 0 aliphatic carbocycles. The minimum absolute atomic E-state index is 0.203. The molecule has 0 aromatic carbocycles. The molecule has 2 atom stereocenters. The Morgan fingerprint density at radius 3 is 2.31 bits per heavy atom. The van der Waals surface area contributed by atoms with Gasteiger partial charge in [0.15, 0.2) is 0 Å². The lowest BCUT2D eigenvalue weighted by molar-refractivity contribution is -0.145. The molecule has 4 nitrogen and oxygen atoms in total. The van der Waals surface area contributed by atoms with Crippen LogP contribution in [0, 0.1) is 5.92 Å². The highest BCUT2D eigenvalue weighted by Crippen LogP contribution is 2.06. The van der Waals surface area contributed by atoms with E-state index in [2.05, 4.69) is 11.9 Å². The normalized spacial score (nSPS) is 13.7. The number of carbonyl (C=O) groups is 1. The van der Waals surface area contributed by atoms with E-state index in [-0.39, 0.29) is 11.9 Å². The lowest BCUT2D eigenvalue weighted by Crippen LogP contribution is -2.37. The number of nitrogens with two attached hydrogens (primary N) is 1. The van der Waals surface area contributed by atoms with Crippen molar-refractivity contribution in [3.8, 4) is 0 Å². The van der Waals surface area contributed by atoms with Gasteiger partial charge >= 0.3 is 5.97 Å². The third kappa shape index (κ3) is 6.81. The summed E-state index contributed by atoms with van der Waals surface area (Å²) in [7, 11) is 0. The highest BCUT2D eigenvalue weighted by molar-refractivity contribution is 6.04. The number of halogens is 1. The van der Waals surface area contributed by atoms with Crippen LogP contribution in [0.25, 0.3) is 0 Å². The van der Waals surface area contributed by atoms with Gasteiger partial charge in [-0.2, -0.15) is 0 Å². The topological polar surface area (TPSA) is 72.5 Å². The molecule has 13 heavy (non-hydrogen) atoms. The van der Waals surface area contributed by atoms with Crippen molar-refractivity contribution in [1.82, 2.24) is 0 Å². The molecule has 0 aromatic rings. The van der Waals surface area contributed by atoms with Crippen molar-refractivity contribution in [2.75, 3.05) is 6.61 Å². The van der Waals surface area contributed by atoms with Crippen molar-refractivity contribution in [3.63, 3.8) is 0 Å². The molecule has 0 fully saturated rings. The van der Waals surface area contributed by atoms with Gasteiger partial charge in [-0.25, -0.2) is 0 Å². The van der Waals surface area contributed by atoms with Crippen molar-refractivity contribution in [3.05, 3.63) is 0 Å². The first-order chi connectivity index (χ1) is 6.13. The molecular weight excluding hydrogens is 194 g/mol. The first kappa shape index (κ1) is 15.2. The van der Waals surface area contributed by atoms with Gasteiger partial charge in [0.2, 0.25) is 0 Å². The summed E-state index contributed by atoms with van der Waals surface area (Å²) < 4.78 is 11.2. The maximum atomic E-state index is 11.0. The maximum Gasteiger partial charge on any atom is 0.323 e. The van der Waals surface area contributed by atoms with E-state index >= 15 is 0 Å². The number of hydrogen-bond acceptors (Lipinski definition) is 4. The second-order valence-electron chi connectivity index (χ2n) is 2.66. The number of carbonyl (C=O) groups excluding carboxylic acids is 1. The lowest BCUT2D eigenvalue weighted by atomic mass is 10.0. The van der Waals surface area contributed by atoms with Crippen LogP contribution in [0.4, 0.5) is 0 Å². The Morgan fingerprint density at radius 1 is 1.54 bits per heavy atom. The first-order valence-corrected chi connectivity index (χ1v) is 4.56. The Hall–Kier alpha value is -0.320. The van der Waals surface area contributed by atoms with E-state index in [4.69, 9.17) is 15.1 Å². The van der Waals surface area contributed by atoms with Crippen molar-refractivity contribution >= 4 is 17.8 Å². The zero-order valence-corrected chi connectivity index (χ0v) is 9.04. The molecule has 0 unspecified atom stereocenters. The van der Waals surface area contributed by atoms with Gasteiger partial charge in [-0.1, -0.05) is 20.3 Å². The largest absolute Gasteiger partial charge is 0.465 e. The Bertz CT molecular complexity index is 133. The zero-order chi connectivity index (χ0) is 10.9. The smallest absolute Gasteiger partial charge is 0.323 e. The fourth-order valence-corrected chi connectivity index (χ4v) is 0.725. The monoisotopic (exact) mass is 211 g/mol. The Morgan fingerprint density at radius 2 is 2.00 bits per heavy atom. The van der Waals surface area contributed by atoms with E-state index in [1.165, 1.54) is 0 Å². The highest BCUT2D eigenvalue weighted by Gasteiger charge is 2.19. The van der Waals surface area contributed by atoms with E-state index in [0.717, 1.165) is 6.42 Å². The van der Waals surface area contributed by atoms with Crippen LogP contribution < -0.4 is 5.73 Å². The third-order valence-electron chi connectivity index (χ3n) is 1.82. The van der Waals surface area contributed by atoms with Crippen LogP contribution in [-0.2, 0) is 9.53 Å². The average molecular weight is 212 g/mol. The van der Waals surface area contributed by atoms with Crippen molar-refractivity contribution in [2.45, 2.75) is 33.2 Å². The molecular formula is C8H18ClNO3. The molecule has 80 valence electrons. The standard InChI is InChI=1S/C8H17NO2.ClHO/c1-4-6(3)7(9)8(10)11-5-2;1-2/h6-7H,4-5,9H2,1-3H3;2H/t6-,7-;/m0./s1. The molecule has 0 amide bonds. The molecule has 3 N–H and O–H groups in total. The summed E-state index contributed by atoms with van der Waals surface area (Å²) in [5.74, 6) is -0.0871. The van der Waals surface area contributed by atoms with Gasteiger partial charge < -0.3 is 10.5 Å². The highest BCUT2D eigenvalue weighted by atomic mass is 35.5. The molecule has 0 saturated carbocycles. The van der Waals surface area contributed by atoms with Crippen LogP contribution in [0.1, 0.15) is 27.2 Å². The Kier molecular flexibility index (Phi) is 11.4. The maximum absolute atomic E-state index is 11.0. The van der Waals surface area contributed by atoms with Crippen molar-refractivity contribution in [2.24, 2.45) is 11.7 Å². The van der Waals surface area contributed by atoms with Crippen LogP contribution in [0.3, 0.4) is 0 Å². The molecule has 0 bridgehead atoms. The van der Waals surface area contributed by atoms with Gasteiger partial charge in [0.25, 0.3) is 0 Å². The summed E-state index contributed by atoms with van der Waals surface area (Å²) in [6.45, 7) is 6.13. The fourth-order valence-electron chi connectivity index (χ4n) is 0.725. The molecule has 0 radical (unpaired) electrons.